The van der Waals surface area contributed by atoms with Crippen molar-refractivity contribution in [3.05, 3.63) is 29.3 Å². The zero-order chi connectivity index (χ0) is 14.5. The molecule has 1 amide bonds. The lowest BCUT2D eigenvalue weighted by atomic mass is 9.98. The summed E-state index contributed by atoms with van der Waals surface area (Å²) in [6.45, 7) is 5.28. The second-order valence-corrected chi connectivity index (χ2v) is 6.04. The zero-order valence-electron chi connectivity index (χ0n) is 12.9. The minimum Gasteiger partial charge on any atom is -0.326 e. The van der Waals surface area contributed by atoms with Crippen LogP contribution in [0.1, 0.15) is 43.2 Å². The van der Waals surface area contributed by atoms with E-state index in [1.54, 1.807) is 0 Å². The number of benzene rings is 1. The first-order valence-corrected chi connectivity index (χ1v) is 7.63. The monoisotopic (exact) mass is 274 g/mol. The summed E-state index contributed by atoms with van der Waals surface area (Å²) in [5.74, 6) is 0.135. The highest BCUT2D eigenvalue weighted by Gasteiger charge is 2.19. The maximum absolute atomic E-state index is 12.1. The van der Waals surface area contributed by atoms with Crippen LogP contribution in [0.25, 0.3) is 0 Å². The Bertz CT molecular complexity index is 470. The molecular weight excluding hydrogens is 248 g/mol. The number of likely N-dealkylation sites (tertiary alicyclic amines) is 1. The van der Waals surface area contributed by atoms with E-state index in [0.717, 1.165) is 17.7 Å². The van der Waals surface area contributed by atoms with Gasteiger partial charge in [-0.3, -0.25) is 4.79 Å². The van der Waals surface area contributed by atoms with E-state index in [9.17, 15) is 4.79 Å². The molecule has 3 nitrogen and oxygen atoms in total. The number of rotatable bonds is 4. The Balaban J connectivity index is 1.83. The Morgan fingerprint density at radius 3 is 2.85 bits per heavy atom. The van der Waals surface area contributed by atoms with Crippen LogP contribution < -0.4 is 5.32 Å². The number of nitrogens with one attached hydrogen (secondary N) is 1. The van der Waals surface area contributed by atoms with Gasteiger partial charge < -0.3 is 10.2 Å². The maximum Gasteiger partial charge on any atom is 0.224 e. The summed E-state index contributed by atoms with van der Waals surface area (Å²) in [5, 5.41) is 3.03. The van der Waals surface area contributed by atoms with Crippen molar-refractivity contribution >= 4 is 11.6 Å². The van der Waals surface area contributed by atoms with Crippen LogP contribution in [0.4, 0.5) is 5.69 Å². The quantitative estimate of drug-likeness (QED) is 0.911. The molecule has 0 radical (unpaired) electrons. The maximum atomic E-state index is 12.1. The summed E-state index contributed by atoms with van der Waals surface area (Å²) >= 11 is 0. The fraction of sp³-hybridized carbons (Fsp3) is 0.588. The summed E-state index contributed by atoms with van der Waals surface area (Å²) in [7, 11) is 2.17. The second kappa shape index (κ2) is 6.89. The molecule has 1 aromatic carbocycles. The summed E-state index contributed by atoms with van der Waals surface area (Å²) < 4.78 is 0. The molecule has 3 heteroatoms. The minimum atomic E-state index is 0.135. The number of nitrogens with zero attached hydrogens (tertiary/aromatic N) is 1. The first kappa shape index (κ1) is 15.0. The molecule has 1 aliphatic heterocycles. The van der Waals surface area contributed by atoms with E-state index >= 15 is 0 Å². The van der Waals surface area contributed by atoms with Crippen molar-refractivity contribution in [2.24, 2.45) is 0 Å². The lowest BCUT2D eigenvalue weighted by Crippen LogP contribution is -2.36. The van der Waals surface area contributed by atoms with Crippen LogP contribution in [0.3, 0.4) is 0 Å². The molecule has 1 aromatic rings. The molecule has 0 bridgehead atoms. The molecule has 0 saturated carbocycles. The molecule has 2 rings (SSSR count). The average molecular weight is 274 g/mol. The van der Waals surface area contributed by atoms with E-state index in [2.05, 4.69) is 30.3 Å². The predicted molar refractivity (Wildman–Crippen MR) is 84.0 cm³/mol. The van der Waals surface area contributed by atoms with Gasteiger partial charge in [0, 0.05) is 18.2 Å². The van der Waals surface area contributed by atoms with Crippen molar-refractivity contribution in [1.29, 1.82) is 0 Å². The molecule has 0 spiro atoms. The highest BCUT2D eigenvalue weighted by atomic mass is 16.1. The molecular formula is C17H26N2O. The number of hydrogen-bond acceptors (Lipinski definition) is 2. The number of carbonyl (C=O) groups excluding carboxylic acids is 1. The third-order valence-corrected chi connectivity index (χ3v) is 4.28. The van der Waals surface area contributed by atoms with Crippen molar-refractivity contribution in [2.75, 3.05) is 18.9 Å². The van der Waals surface area contributed by atoms with Crippen LogP contribution in [0.5, 0.6) is 0 Å². The first-order valence-electron chi connectivity index (χ1n) is 7.63. The third kappa shape index (κ3) is 4.07. The van der Waals surface area contributed by atoms with E-state index in [1.807, 2.05) is 19.1 Å². The Morgan fingerprint density at radius 2 is 2.15 bits per heavy atom. The van der Waals surface area contributed by atoms with Crippen LogP contribution in [-0.2, 0) is 4.79 Å². The van der Waals surface area contributed by atoms with Gasteiger partial charge in [0.1, 0.15) is 0 Å². The molecule has 110 valence electrons. The summed E-state index contributed by atoms with van der Waals surface area (Å²) in [4.78, 5) is 14.5. The summed E-state index contributed by atoms with van der Waals surface area (Å²) in [5.41, 5.74) is 3.30. The molecule has 1 aliphatic rings. The van der Waals surface area contributed by atoms with E-state index in [4.69, 9.17) is 0 Å². The van der Waals surface area contributed by atoms with Crippen molar-refractivity contribution in [3.63, 3.8) is 0 Å². The van der Waals surface area contributed by atoms with Crippen LogP contribution in [0.2, 0.25) is 0 Å². The molecule has 1 unspecified atom stereocenters. The van der Waals surface area contributed by atoms with E-state index in [-0.39, 0.29) is 5.91 Å². The summed E-state index contributed by atoms with van der Waals surface area (Å²) in [6.07, 6.45) is 5.40. The number of aryl methyl sites for hydroxylation is 2. The average Bonchev–Trinajstić information content (AvgIpc) is 2.41. The van der Waals surface area contributed by atoms with Crippen LogP contribution in [-0.4, -0.2) is 30.4 Å². The first-order chi connectivity index (χ1) is 9.56. The predicted octanol–water partition coefficient (Wildman–Crippen LogP) is 3.51. The third-order valence-electron chi connectivity index (χ3n) is 4.28. The number of hydrogen-bond donors (Lipinski definition) is 1. The minimum absolute atomic E-state index is 0.135. The number of anilines is 1. The number of carbonyl (C=O) groups is 1. The van der Waals surface area contributed by atoms with Gasteiger partial charge in [-0.25, -0.2) is 0 Å². The van der Waals surface area contributed by atoms with Crippen LogP contribution in [0, 0.1) is 13.8 Å². The lowest BCUT2D eigenvalue weighted by Gasteiger charge is -2.32. The Morgan fingerprint density at radius 1 is 1.35 bits per heavy atom. The Labute approximate surface area is 122 Å². The van der Waals surface area contributed by atoms with E-state index in [0.29, 0.717) is 12.5 Å². The normalized spacial score (nSPS) is 19.9. The van der Waals surface area contributed by atoms with Gasteiger partial charge in [0.05, 0.1) is 0 Å². The zero-order valence-corrected chi connectivity index (χ0v) is 12.9. The van der Waals surface area contributed by atoms with Crippen LogP contribution >= 0.6 is 0 Å². The van der Waals surface area contributed by atoms with Gasteiger partial charge in [-0.1, -0.05) is 24.1 Å². The molecule has 1 saturated heterocycles. The molecule has 1 atom stereocenters. The standard InChI is InChI=1S/C17H26N2O/c1-13-7-9-16(14(2)12-13)18-17(20)10-8-15-6-4-5-11-19(15)3/h7,9,12,15H,4-6,8,10-11H2,1-3H3,(H,18,20). The van der Waals surface area contributed by atoms with Gasteiger partial charge in [-0.2, -0.15) is 0 Å². The van der Waals surface area contributed by atoms with E-state index < -0.39 is 0 Å². The van der Waals surface area contributed by atoms with Gasteiger partial charge in [-0.05, 0) is 58.3 Å². The second-order valence-electron chi connectivity index (χ2n) is 6.04. The molecule has 1 heterocycles. The lowest BCUT2D eigenvalue weighted by molar-refractivity contribution is -0.116. The van der Waals surface area contributed by atoms with Gasteiger partial charge >= 0.3 is 0 Å². The van der Waals surface area contributed by atoms with Crippen molar-refractivity contribution < 1.29 is 4.79 Å². The fourth-order valence-corrected chi connectivity index (χ4v) is 2.97. The largest absolute Gasteiger partial charge is 0.326 e. The van der Waals surface area contributed by atoms with Crippen LogP contribution in [0.15, 0.2) is 18.2 Å². The number of amides is 1. The van der Waals surface area contributed by atoms with Gasteiger partial charge in [0.15, 0.2) is 0 Å². The number of piperidine rings is 1. The van der Waals surface area contributed by atoms with Gasteiger partial charge in [0.25, 0.3) is 0 Å². The Hall–Kier alpha value is -1.35. The Kier molecular flexibility index (Phi) is 5.18. The van der Waals surface area contributed by atoms with Crippen molar-refractivity contribution in [3.8, 4) is 0 Å². The SMILES string of the molecule is Cc1ccc(NC(=O)CCC2CCCCN2C)c(C)c1. The smallest absolute Gasteiger partial charge is 0.224 e. The molecule has 1 N–H and O–H groups in total. The highest BCUT2D eigenvalue weighted by Crippen LogP contribution is 2.20. The van der Waals surface area contributed by atoms with Gasteiger partial charge in [-0.15, -0.1) is 0 Å². The molecule has 0 aromatic heterocycles. The summed E-state index contributed by atoms with van der Waals surface area (Å²) in [6, 6.07) is 6.71. The van der Waals surface area contributed by atoms with Crippen molar-refractivity contribution in [2.45, 2.75) is 52.0 Å². The topological polar surface area (TPSA) is 32.3 Å². The van der Waals surface area contributed by atoms with E-state index in [1.165, 1.54) is 31.4 Å². The highest BCUT2D eigenvalue weighted by molar-refractivity contribution is 5.91. The molecule has 1 fully saturated rings. The van der Waals surface area contributed by atoms with Crippen molar-refractivity contribution in [1.82, 2.24) is 4.90 Å². The van der Waals surface area contributed by atoms with Gasteiger partial charge in [0.2, 0.25) is 5.91 Å². The fourth-order valence-electron chi connectivity index (χ4n) is 2.97. The molecule has 20 heavy (non-hydrogen) atoms. The molecule has 0 aliphatic carbocycles.